The maximum absolute atomic E-state index is 4.18. The topological polar surface area (TPSA) is 116 Å². The molecule has 0 aliphatic rings. The van der Waals surface area contributed by atoms with Gasteiger partial charge in [0.1, 0.15) is 0 Å². The second-order valence-electron chi connectivity index (χ2n) is 39.0. The molecule has 0 unspecified atom stereocenters. The van der Waals surface area contributed by atoms with Crippen LogP contribution in [0.15, 0.2) is 250 Å². The molecule has 0 bridgehead atoms. The summed E-state index contributed by atoms with van der Waals surface area (Å²) >= 11 is 0. The van der Waals surface area contributed by atoms with Crippen LogP contribution in [0.5, 0.6) is 0 Å². The summed E-state index contributed by atoms with van der Waals surface area (Å²) in [4.78, 5) is 37.2. The molecule has 0 atom stereocenters. The molecule has 0 saturated heterocycles. The van der Waals surface area contributed by atoms with Crippen molar-refractivity contribution in [3.63, 3.8) is 0 Å². The number of rotatable bonds is 0. The van der Waals surface area contributed by atoms with Crippen molar-refractivity contribution in [1.82, 2.24) is 44.9 Å². The lowest BCUT2D eigenvalue weighted by Crippen LogP contribution is -1.86. The smallest absolute Gasteiger partial charge is 0.0401 e. The van der Waals surface area contributed by atoms with Crippen LogP contribution in [0.2, 0.25) is 0 Å². The Bertz CT molecular complexity index is 5170. The van der Waals surface area contributed by atoms with Gasteiger partial charge in [-0.05, 0) is 522 Å². The number of pyridine rings is 9. The van der Waals surface area contributed by atoms with E-state index < -0.39 is 0 Å². The van der Waals surface area contributed by atoms with Crippen molar-refractivity contribution in [2.75, 3.05) is 0 Å². The average Bonchev–Trinajstić information content (AvgIpc) is 0.863. The molecule has 0 saturated carbocycles. The van der Waals surface area contributed by atoms with Crippen LogP contribution in [0, 0.1) is 318 Å². The summed E-state index contributed by atoms with van der Waals surface area (Å²) in [6.45, 7) is 96.0. The predicted octanol–water partition coefficient (Wildman–Crippen LogP) is 37.0. The highest BCUT2D eigenvalue weighted by atomic mass is 14.7. The summed E-state index contributed by atoms with van der Waals surface area (Å²) in [6.07, 6.45) is 17.1. The van der Waals surface area contributed by atoms with E-state index in [9.17, 15) is 0 Å². The lowest BCUT2D eigenvalue weighted by Gasteiger charge is -2.04. The molecule has 0 N–H and O–H groups in total. The van der Waals surface area contributed by atoms with E-state index >= 15 is 0 Å². The Morgan fingerprint density at radius 2 is 0.264 bits per heavy atom. The highest BCUT2D eigenvalue weighted by molar-refractivity contribution is 5.38. The third-order valence-corrected chi connectivity index (χ3v) is 24.2. The van der Waals surface area contributed by atoms with E-state index in [0.717, 1.165) is 51.2 Å². The molecule has 144 heavy (non-hydrogen) atoms. The van der Waals surface area contributed by atoms with Crippen LogP contribution in [0.3, 0.4) is 0 Å². The molecule has 9 nitrogen and oxygen atoms in total. The van der Waals surface area contributed by atoms with Gasteiger partial charge < -0.3 is 0 Å². The molecule has 9 heteroatoms. The fourth-order valence-electron chi connectivity index (χ4n) is 12.8. The molecule has 9 heterocycles. The van der Waals surface area contributed by atoms with E-state index in [0.29, 0.717) is 0 Å². The molecule has 7 aromatic carbocycles. The number of hydrogen-bond acceptors (Lipinski definition) is 9. The van der Waals surface area contributed by atoms with E-state index in [1.54, 1.807) is 0 Å². The number of benzene rings is 7. The summed E-state index contributed by atoms with van der Waals surface area (Å²) in [5.41, 5.74) is 59.0. The van der Waals surface area contributed by atoms with Crippen LogP contribution < -0.4 is 0 Å². The lowest BCUT2D eigenvalue weighted by atomic mass is 10.0. The highest BCUT2D eigenvalue weighted by Crippen LogP contribution is 2.18. The highest BCUT2D eigenvalue weighted by Gasteiger charge is 2.02. The van der Waals surface area contributed by atoms with Gasteiger partial charge in [-0.15, -0.1) is 0 Å². The molecule has 0 fully saturated rings. The molecular weight excluding hydrogens is 1750 g/mol. The molecule has 0 aliphatic carbocycles. The van der Waals surface area contributed by atoms with Crippen LogP contribution in [0.1, 0.15) is 272 Å². The zero-order chi connectivity index (χ0) is 108. The average molecular weight is 1940 g/mol. The quantitative estimate of drug-likeness (QED) is 0.146. The van der Waals surface area contributed by atoms with Gasteiger partial charge in [0.2, 0.25) is 0 Å². The fourth-order valence-corrected chi connectivity index (χ4v) is 12.8. The van der Waals surface area contributed by atoms with Gasteiger partial charge in [-0.25, -0.2) is 0 Å². The number of hydrogen-bond donors (Lipinski definition) is 0. The molecule has 16 aromatic rings. The lowest BCUT2D eigenvalue weighted by molar-refractivity contribution is 1.12. The minimum absolute atomic E-state index is 0. The monoisotopic (exact) mass is 1930 g/mol. The zero-order valence-electron chi connectivity index (χ0n) is 96.7. The Hall–Kier alpha value is -13.1. The second kappa shape index (κ2) is 70.5. The molecule has 16 rings (SSSR count). The first-order valence-electron chi connectivity index (χ1n) is 49.7. The Balaban J connectivity index is 0. The first-order chi connectivity index (χ1) is 66.4. The maximum atomic E-state index is 4.18. The largest absolute Gasteiger partial charge is 0.261 e. The van der Waals surface area contributed by atoms with Gasteiger partial charge in [0.15, 0.2) is 0 Å². The summed E-state index contributed by atoms with van der Waals surface area (Å²) < 4.78 is 0. The minimum atomic E-state index is 0. The number of nitrogens with zero attached hydrogens (tertiary/aromatic N) is 9. The van der Waals surface area contributed by atoms with Crippen LogP contribution in [0.4, 0.5) is 0 Å². The van der Waals surface area contributed by atoms with Crippen molar-refractivity contribution in [2.45, 2.75) is 333 Å². The van der Waals surface area contributed by atoms with E-state index in [1.807, 2.05) is 144 Å². The van der Waals surface area contributed by atoms with Crippen molar-refractivity contribution < 1.29 is 0 Å². The van der Waals surface area contributed by atoms with E-state index in [1.165, 1.54) is 206 Å². The van der Waals surface area contributed by atoms with Gasteiger partial charge in [0, 0.05) is 107 Å². The predicted molar refractivity (Wildman–Crippen MR) is 635 cm³/mol. The van der Waals surface area contributed by atoms with Gasteiger partial charge in [-0.2, -0.15) is 0 Å². The van der Waals surface area contributed by atoms with Crippen molar-refractivity contribution in [3.05, 3.63) is 507 Å². The van der Waals surface area contributed by atoms with E-state index in [4.69, 9.17) is 0 Å². The van der Waals surface area contributed by atoms with Gasteiger partial charge in [0.05, 0.1) is 0 Å². The zero-order valence-corrected chi connectivity index (χ0v) is 96.7. The maximum Gasteiger partial charge on any atom is 0.0401 e. The van der Waals surface area contributed by atoms with Gasteiger partial charge in [0.25, 0.3) is 0 Å². The minimum Gasteiger partial charge on any atom is -0.261 e. The van der Waals surface area contributed by atoms with E-state index in [-0.39, 0.29) is 14.9 Å². The van der Waals surface area contributed by atoms with Crippen LogP contribution in [-0.4, -0.2) is 44.9 Å². The van der Waals surface area contributed by atoms with Gasteiger partial charge in [-0.1, -0.05) is 211 Å². The third-order valence-electron chi connectivity index (χ3n) is 24.2. The normalized spacial score (nSPS) is 9.49. The molecule has 0 radical (unpaired) electrons. The first kappa shape index (κ1) is 133. The Morgan fingerprint density at radius 3 is 0.410 bits per heavy atom. The summed E-state index contributed by atoms with van der Waals surface area (Å²) in [5.74, 6) is 0. The Kier molecular flexibility index (Phi) is 65.1. The standard InChI is InChI=1S/C10H14.5C9H12.7C8H11N.C8H10.2C7H9N.2CH4/c1-7-5-8(2)10(4)9(3)6-7;5*1-7-4-5-8(2)9(3)6-7;5*1-6-4-8(3)9-5-7(6)2;2*1-6-4-7(2)8(3)9-5-6;1-7-3-5-8(2)6-4-7;2*1-6-3-4-7(2)8-5-6;;/h5-6H,1-4H3;5*4-6H,1-3H3;7*4-5H,1-3H3;3-6H,1-2H3;2*3-5H,1-2H3;2*1H4. The Morgan fingerprint density at radius 1 is 0.104 bits per heavy atom. The Labute approximate surface area is 879 Å². The van der Waals surface area contributed by atoms with E-state index in [2.05, 4.69) is 469 Å². The molecular formula is C135H187N9. The SMILES string of the molecule is C.C.Cc1cc(C)c(C)c(C)c1.Cc1cc(C)c(C)cn1.Cc1cc(C)c(C)cn1.Cc1cc(C)c(C)cn1.Cc1cc(C)c(C)cn1.Cc1cc(C)c(C)cn1.Cc1ccc(C)c(C)c1.Cc1ccc(C)c(C)c1.Cc1ccc(C)c(C)c1.Cc1ccc(C)c(C)c1.Cc1ccc(C)c(C)c1.Cc1ccc(C)cc1.Cc1ccc(C)nc1.Cc1ccc(C)nc1.Cc1cnc(C)c(C)c1.Cc1cnc(C)c(C)c1. The fraction of sp³-hybridized carbons (Fsp3) is 0.356. The molecule has 9 aromatic heterocycles. The molecule has 0 aliphatic heterocycles. The molecule has 0 spiro atoms. The van der Waals surface area contributed by atoms with Gasteiger partial charge in [-0.3, -0.25) is 44.9 Å². The van der Waals surface area contributed by atoms with Crippen LogP contribution >= 0.6 is 0 Å². The summed E-state index contributed by atoms with van der Waals surface area (Å²) in [5, 5.41) is 0. The first-order valence-corrected chi connectivity index (χ1v) is 49.7. The van der Waals surface area contributed by atoms with Crippen molar-refractivity contribution in [3.8, 4) is 0 Å². The third kappa shape index (κ3) is 59.1. The van der Waals surface area contributed by atoms with Crippen LogP contribution in [0.25, 0.3) is 0 Å². The number of aromatic nitrogens is 9. The van der Waals surface area contributed by atoms with Gasteiger partial charge >= 0.3 is 0 Å². The molecule has 0 amide bonds. The van der Waals surface area contributed by atoms with Crippen molar-refractivity contribution in [2.24, 2.45) is 0 Å². The van der Waals surface area contributed by atoms with Crippen molar-refractivity contribution >= 4 is 0 Å². The second-order valence-corrected chi connectivity index (χ2v) is 39.0. The molecule has 772 valence electrons. The summed E-state index contributed by atoms with van der Waals surface area (Å²) in [7, 11) is 0. The van der Waals surface area contributed by atoms with Crippen LogP contribution in [-0.2, 0) is 0 Å². The number of aryl methyl sites for hydroxylation is 45. The van der Waals surface area contributed by atoms with Crippen molar-refractivity contribution in [1.29, 1.82) is 0 Å². The summed E-state index contributed by atoms with van der Waals surface area (Å²) in [6, 6.07) is 68.3.